The fourth-order valence-corrected chi connectivity index (χ4v) is 4.43. The zero-order valence-electron chi connectivity index (χ0n) is 11.9. The van der Waals surface area contributed by atoms with Crippen LogP contribution in [0.4, 0.5) is 0 Å². The SMILES string of the molecule is CC1CCCCN1CCCNS(=O)(=O)C1CCNC1. The first kappa shape index (κ1) is 15.2. The molecule has 2 rings (SSSR count). The Labute approximate surface area is 117 Å². The number of nitrogens with one attached hydrogen (secondary N) is 2. The maximum Gasteiger partial charge on any atom is 0.215 e. The van der Waals surface area contributed by atoms with Crippen LogP contribution in [0.15, 0.2) is 0 Å². The fourth-order valence-electron chi connectivity index (χ4n) is 3.00. The van der Waals surface area contributed by atoms with E-state index >= 15 is 0 Å². The Morgan fingerprint density at radius 1 is 1.32 bits per heavy atom. The van der Waals surface area contributed by atoms with Crippen molar-refractivity contribution in [3.05, 3.63) is 0 Å². The van der Waals surface area contributed by atoms with Crippen molar-refractivity contribution < 1.29 is 8.42 Å². The first-order valence-electron chi connectivity index (χ1n) is 7.53. The summed E-state index contributed by atoms with van der Waals surface area (Å²) in [5.74, 6) is 0. The summed E-state index contributed by atoms with van der Waals surface area (Å²) in [4.78, 5) is 2.48. The predicted molar refractivity (Wildman–Crippen MR) is 77.7 cm³/mol. The van der Waals surface area contributed by atoms with Crippen LogP contribution in [-0.4, -0.2) is 57.3 Å². The molecule has 112 valence electrons. The lowest BCUT2D eigenvalue weighted by atomic mass is 10.0. The number of hydrogen-bond acceptors (Lipinski definition) is 4. The van der Waals surface area contributed by atoms with Crippen LogP contribution in [0, 0.1) is 0 Å². The normalized spacial score (nSPS) is 29.7. The van der Waals surface area contributed by atoms with Crippen molar-refractivity contribution in [2.24, 2.45) is 0 Å². The summed E-state index contributed by atoms with van der Waals surface area (Å²) in [5.41, 5.74) is 0. The van der Waals surface area contributed by atoms with Gasteiger partial charge in [-0.3, -0.25) is 0 Å². The molecule has 2 atom stereocenters. The second kappa shape index (κ2) is 7.02. The zero-order chi connectivity index (χ0) is 13.7. The van der Waals surface area contributed by atoms with Gasteiger partial charge in [0.05, 0.1) is 5.25 Å². The van der Waals surface area contributed by atoms with Gasteiger partial charge >= 0.3 is 0 Å². The maximum atomic E-state index is 12.0. The Hall–Kier alpha value is -0.170. The summed E-state index contributed by atoms with van der Waals surface area (Å²) < 4.78 is 26.7. The third-order valence-electron chi connectivity index (χ3n) is 4.32. The number of nitrogens with zero attached hydrogens (tertiary/aromatic N) is 1. The largest absolute Gasteiger partial charge is 0.315 e. The van der Waals surface area contributed by atoms with E-state index in [1.165, 1.54) is 25.8 Å². The highest BCUT2D eigenvalue weighted by Crippen LogP contribution is 2.16. The van der Waals surface area contributed by atoms with Crippen molar-refractivity contribution in [2.45, 2.75) is 50.3 Å². The van der Waals surface area contributed by atoms with E-state index in [2.05, 4.69) is 21.9 Å². The molecule has 19 heavy (non-hydrogen) atoms. The Balaban J connectivity index is 1.65. The van der Waals surface area contributed by atoms with Crippen LogP contribution in [0.5, 0.6) is 0 Å². The second-order valence-corrected chi connectivity index (χ2v) is 7.83. The molecule has 5 nitrogen and oxygen atoms in total. The first-order valence-corrected chi connectivity index (χ1v) is 9.07. The van der Waals surface area contributed by atoms with E-state index in [1.54, 1.807) is 0 Å². The van der Waals surface area contributed by atoms with E-state index in [0.29, 0.717) is 19.1 Å². The minimum absolute atomic E-state index is 0.235. The molecule has 2 heterocycles. The van der Waals surface area contributed by atoms with Crippen molar-refractivity contribution >= 4 is 10.0 Å². The third kappa shape index (κ3) is 4.41. The molecule has 6 heteroatoms. The average Bonchev–Trinajstić information content (AvgIpc) is 2.91. The Bertz CT molecular complexity index is 366. The molecule has 2 aliphatic rings. The molecule has 0 radical (unpaired) electrons. The highest BCUT2D eigenvalue weighted by molar-refractivity contribution is 7.90. The topological polar surface area (TPSA) is 61.4 Å². The van der Waals surface area contributed by atoms with E-state index in [9.17, 15) is 8.42 Å². The number of piperidine rings is 1. The monoisotopic (exact) mass is 289 g/mol. The summed E-state index contributed by atoms with van der Waals surface area (Å²) >= 11 is 0. The van der Waals surface area contributed by atoms with E-state index in [-0.39, 0.29) is 5.25 Å². The average molecular weight is 289 g/mol. The molecule has 0 aromatic heterocycles. The van der Waals surface area contributed by atoms with Gasteiger partial charge in [-0.05, 0) is 52.2 Å². The van der Waals surface area contributed by atoms with Gasteiger partial charge in [0.1, 0.15) is 0 Å². The summed E-state index contributed by atoms with van der Waals surface area (Å²) in [6.45, 7) is 6.43. The van der Waals surface area contributed by atoms with E-state index < -0.39 is 10.0 Å². The van der Waals surface area contributed by atoms with Gasteiger partial charge in [0.2, 0.25) is 10.0 Å². The quantitative estimate of drug-likeness (QED) is 0.700. The Kier molecular flexibility index (Phi) is 5.62. The molecule has 2 aliphatic heterocycles. The fraction of sp³-hybridized carbons (Fsp3) is 1.00. The lowest BCUT2D eigenvalue weighted by Crippen LogP contribution is -2.40. The van der Waals surface area contributed by atoms with Crippen LogP contribution in [0.25, 0.3) is 0 Å². The molecule has 2 unspecified atom stereocenters. The van der Waals surface area contributed by atoms with Crippen molar-refractivity contribution in [1.82, 2.24) is 14.9 Å². The molecule has 2 N–H and O–H groups in total. The molecular weight excluding hydrogens is 262 g/mol. The van der Waals surface area contributed by atoms with Crippen molar-refractivity contribution in [3.8, 4) is 0 Å². The predicted octanol–water partition coefficient (Wildman–Crippen LogP) is 0.532. The van der Waals surface area contributed by atoms with Gasteiger partial charge in [0, 0.05) is 19.1 Å². The lowest BCUT2D eigenvalue weighted by Gasteiger charge is -2.33. The third-order valence-corrected chi connectivity index (χ3v) is 6.21. The van der Waals surface area contributed by atoms with Gasteiger partial charge in [-0.2, -0.15) is 0 Å². The van der Waals surface area contributed by atoms with Crippen LogP contribution >= 0.6 is 0 Å². The first-order chi connectivity index (χ1) is 9.09. The number of likely N-dealkylation sites (tertiary alicyclic amines) is 1. The van der Waals surface area contributed by atoms with Gasteiger partial charge in [0.25, 0.3) is 0 Å². The summed E-state index contributed by atoms with van der Waals surface area (Å²) in [5, 5.41) is 2.86. The maximum absolute atomic E-state index is 12.0. The smallest absolute Gasteiger partial charge is 0.215 e. The van der Waals surface area contributed by atoms with E-state index in [4.69, 9.17) is 0 Å². The molecule has 0 aliphatic carbocycles. The summed E-state index contributed by atoms with van der Waals surface area (Å²) in [6, 6.07) is 0.657. The molecule has 0 bridgehead atoms. The highest BCUT2D eigenvalue weighted by Gasteiger charge is 2.28. The molecule has 2 fully saturated rings. The molecule has 0 amide bonds. The lowest BCUT2D eigenvalue weighted by molar-refractivity contribution is 0.159. The molecule has 2 saturated heterocycles. The van der Waals surface area contributed by atoms with Crippen LogP contribution in [0.1, 0.15) is 39.0 Å². The van der Waals surface area contributed by atoms with Crippen LogP contribution in [0.2, 0.25) is 0 Å². The zero-order valence-corrected chi connectivity index (χ0v) is 12.7. The van der Waals surface area contributed by atoms with Crippen molar-refractivity contribution in [3.63, 3.8) is 0 Å². The van der Waals surface area contributed by atoms with Crippen LogP contribution in [-0.2, 0) is 10.0 Å². The van der Waals surface area contributed by atoms with Crippen LogP contribution < -0.4 is 10.0 Å². The second-order valence-electron chi connectivity index (χ2n) is 5.79. The Morgan fingerprint density at radius 3 is 2.84 bits per heavy atom. The summed E-state index contributed by atoms with van der Waals surface area (Å²) in [6.07, 6.45) is 5.53. The number of hydrogen-bond donors (Lipinski definition) is 2. The van der Waals surface area contributed by atoms with E-state index in [0.717, 1.165) is 25.9 Å². The Morgan fingerprint density at radius 2 is 2.16 bits per heavy atom. The molecule has 0 spiro atoms. The van der Waals surface area contributed by atoms with Gasteiger partial charge in [-0.1, -0.05) is 6.42 Å². The number of rotatable bonds is 6. The van der Waals surface area contributed by atoms with Gasteiger partial charge in [-0.15, -0.1) is 0 Å². The van der Waals surface area contributed by atoms with Crippen molar-refractivity contribution in [1.29, 1.82) is 0 Å². The number of sulfonamides is 1. The van der Waals surface area contributed by atoms with Gasteiger partial charge in [0.15, 0.2) is 0 Å². The minimum Gasteiger partial charge on any atom is -0.315 e. The van der Waals surface area contributed by atoms with Gasteiger partial charge in [-0.25, -0.2) is 13.1 Å². The van der Waals surface area contributed by atoms with Crippen molar-refractivity contribution in [2.75, 3.05) is 32.7 Å². The summed E-state index contributed by atoms with van der Waals surface area (Å²) in [7, 11) is -3.11. The molecule has 0 aromatic carbocycles. The van der Waals surface area contributed by atoms with Gasteiger partial charge < -0.3 is 10.2 Å². The molecular formula is C13H27N3O2S. The van der Waals surface area contributed by atoms with Crippen LogP contribution in [0.3, 0.4) is 0 Å². The highest BCUT2D eigenvalue weighted by atomic mass is 32.2. The molecule has 0 aromatic rings. The minimum atomic E-state index is -3.11. The standard InChI is InChI=1S/C13H27N3O2S/c1-12-5-2-3-9-16(12)10-4-7-15-19(17,18)13-6-8-14-11-13/h12-15H,2-11H2,1H3. The molecule has 0 saturated carbocycles. The van der Waals surface area contributed by atoms with E-state index in [1.807, 2.05) is 0 Å².